The molecule has 132 valence electrons. The molecule has 0 aliphatic carbocycles. The maximum atomic E-state index is 11.3. The van der Waals surface area contributed by atoms with Crippen molar-refractivity contribution in [1.29, 1.82) is 0 Å². The van der Waals surface area contributed by atoms with Crippen LogP contribution >= 0.6 is 7.14 Å². The van der Waals surface area contributed by atoms with E-state index in [4.69, 9.17) is 0 Å². The maximum Gasteiger partial charge on any atom is 0.0869 e. The molecule has 0 aromatic heterocycles. The molecule has 1 aromatic rings. The van der Waals surface area contributed by atoms with Crippen molar-refractivity contribution in [1.82, 2.24) is 0 Å². The van der Waals surface area contributed by atoms with Crippen molar-refractivity contribution in [2.24, 2.45) is 0 Å². The fourth-order valence-corrected chi connectivity index (χ4v) is 3.46. The van der Waals surface area contributed by atoms with Crippen LogP contribution in [0.25, 0.3) is 0 Å². The zero-order valence-corrected chi connectivity index (χ0v) is 15.2. The van der Waals surface area contributed by atoms with E-state index in [1.54, 1.807) is 0 Å². The van der Waals surface area contributed by atoms with Crippen LogP contribution in [0.1, 0.15) is 73.1 Å². The molecule has 1 aromatic carbocycles. The Morgan fingerprint density at radius 3 is 0.955 bits per heavy atom. The molecule has 0 aliphatic rings. The lowest BCUT2D eigenvalue weighted by atomic mass is 10.0. The Labute approximate surface area is 141 Å². The molecule has 1 rings (SSSR count). The van der Waals surface area contributed by atoms with Crippen LogP contribution in [0.2, 0.25) is 0 Å². The second-order valence-electron chi connectivity index (χ2n) is 5.23. The summed E-state index contributed by atoms with van der Waals surface area (Å²) in [5.74, 6) is 0. The minimum Gasteiger partial charge on any atom is -0.324 e. The summed E-state index contributed by atoms with van der Waals surface area (Å²) in [5, 5.41) is 0. The highest BCUT2D eigenvalue weighted by molar-refractivity contribution is 7.63. The summed E-state index contributed by atoms with van der Waals surface area (Å²) in [7, 11) is -1.66. The van der Waals surface area contributed by atoms with E-state index in [1.807, 2.05) is 20.8 Å². The van der Waals surface area contributed by atoms with Gasteiger partial charge in [0.1, 0.15) is 0 Å². The van der Waals surface area contributed by atoms with Crippen molar-refractivity contribution < 1.29 is 4.57 Å². The molecule has 0 fully saturated rings. The molecule has 0 N–H and O–H groups in total. The summed E-state index contributed by atoms with van der Waals surface area (Å²) < 4.78 is 11.3. The van der Waals surface area contributed by atoms with Crippen molar-refractivity contribution in [3.63, 3.8) is 0 Å². The van der Waals surface area contributed by atoms with Gasteiger partial charge >= 0.3 is 0 Å². The van der Waals surface area contributed by atoms with E-state index < -0.39 is 7.14 Å². The van der Waals surface area contributed by atoms with Gasteiger partial charge in [-0.3, -0.25) is 0 Å². The molecular formula is C20H41OP. The van der Waals surface area contributed by atoms with Crippen LogP contribution in [0.3, 0.4) is 0 Å². The van der Waals surface area contributed by atoms with Crippen LogP contribution < -0.4 is 0 Å². The predicted octanol–water partition coefficient (Wildman–Crippen LogP) is 7.06. The molecule has 1 nitrogen and oxygen atoms in total. The van der Waals surface area contributed by atoms with Gasteiger partial charge in [-0.2, -0.15) is 0 Å². The zero-order valence-electron chi connectivity index (χ0n) is 14.3. The van der Waals surface area contributed by atoms with Gasteiger partial charge in [-0.1, -0.05) is 74.6 Å². The third kappa shape index (κ3) is 9.46. The Morgan fingerprint density at radius 2 is 0.864 bits per heavy atom. The highest BCUT2D eigenvalue weighted by Gasteiger charge is 2.11. The topological polar surface area (TPSA) is 17.1 Å². The van der Waals surface area contributed by atoms with Gasteiger partial charge in [0.15, 0.2) is 0 Å². The first-order chi connectivity index (χ1) is 9.48. The standard InChI is InChI=1S/C12H18.C6H15OP.2CH4/c1-4-10-7-11(5-2)9-12(6-3)8-10;1-4-8(7,5-2)6-3;;/h7-9H,4-6H2,1-3H3;4-6H2,1-3H3;2*1H4. The summed E-state index contributed by atoms with van der Waals surface area (Å²) in [4.78, 5) is 0. The molecule has 0 heterocycles. The van der Waals surface area contributed by atoms with Gasteiger partial charge in [0.05, 0.1) is 7.14 Å². The largest absolute Gasteiger partial charge is 0.324 e. The van der Waals surface area contributed by atoms with E-state index in [0.29, 0.717) is 0 Å². The lowest BCUT2D eigenvalue weighted by molar-refractivity contribution is 0.577. The molecule has 0 aliphatic heterocycles. The molecule has 22 heavy (non-hydrogen) atoms. The van der Waals surface area contributed by atoms with E-state index in [1.165, 1.54) is 16.7 Å². The number of hydrogen-bond acceptors (Lipinski definition) is 1. The monoisotopic (exact) mass is 328 g/mol. The molecule has 0 unspecified atom stereocenters. The first kappa shape index (κ1) is 26.4. The minimum absolute atomic E-state index is 0. The van der Waals surface area contributed by atoms with E-state index >= 15 is 0 Å². The second kappa shape index (κ2) is 14.1. The first-order valence-corrected chi connectivity index (χ1v) is 10.4. The molecule has 0 amide bonds. The first-order valence-electron chi connectivity index (χ1n) is 8.17. The lowest BCUT2D eigenvalue weighted by Crippen LogP contribution is -1.90. The maximum absolute atomic E-state index is 11.3. The third-order valence-electron chi connectivity index (χ3n) is 4.07. The van der Waals surface area contributed by atoms with E-state index in [0.717, 1.165) is 37.7 Å². The van der Waals surface area contributed by atoms with Crippen LogP contribution in [0, 0.1) is 0 Å². The quantitative estimate of drug-likeness (QED) is 0.511. The lowest BCUT2D eigenvalue weighted by Gasteiger charge is -2.08. The van der Waals surface area contributed by atoms with E-state index in [2.05, 4.69) is 39.0 Å². The van der Waals surface area contributed by atoms with Gasteiger partial charge in [0.25, 0.3) is 0 Å². The molecule has 0 spiro atoms. The smallest absolute Gasteiger partial charge is 0.0869 e. The summed E-state index contributed by atoms with van der Waals surface area (Å²) in [5.41, 5.74) is 4.43. The Morgan fingerprint density at radius 1 is 0.636 bits per heavy atom. The van der Waals surface area contributed by atoms with Gasteiger partial charge < -0.3 is 4.57 Å². The molecule has 0 saturated carbocycles. The van der Waals surface area contributed by atoms with E-state index in [9.17, 15) is 4.57 Å². The Bertz CT molecular complexity index is 349. The van der Waals surface area contributed by atoms with Crippen LogP contribution in [0.4, 0.5) is 0 Å². The average Bonchev–Trinajstić information content (AvgIpc) is 2.53. The molecule has 0 bridgehead atoms. The number of aryl methyl sites for hydroxylation is 3. The summed E-state index contributed by atoms with van der Waals surface area (Å²) in [6.07, 6.45) is 6.09. The van der Waals surface area contributed by atoms with Crippen molar-refractivity contribution in [2.45, 2.75) is 75.7 Å². The molecule has 2 heteroatoms. The molecule has 0 atom stereocenters. The molecular weight excluding hydrogens is 287 g/mol. The Balaban J connectivity index is -0.000000323. The number of benzene rings is 1. The third-order valence-corrected chi connectivity index (χ3v) is 7.52. The van der Waals surface area contributed by atoms with Gasteiger partial charge in [0.2, 0.25) is 0 Å². The van der Waals surface area contributed by atoms with Crippen LogP contribution in [-0.2, 0) is 23.8 Å². The van der Waals surface area contributed by atoms with Crippen LogP contribution in [-0.4, -0.2) is 18.5 Å². The van der Waals surface area contributed by atoms with Crippen molar-refractivity contribution >= 4 is 7.14 Å². The van der Waals surface area contributed by atoms with Crippen molar-refractivity contribution in [3.8, 4) is 0 Å². The van der Waals surface area contributed by atoms with Crippen LogP contribution in [0.15, 0.2) is 18.2 Å². The highest BCUT2D eigenvalue weighted by atomic mass is 31.2. The Hall–Kier alpha value is -0.550. The fraction of sp³-hybridized carbons (Fsp3) is 0.700. The fourth-order valence-electron chi connectivity index (χ4n) is 2.12. The Kier molecular flexibility index (Phi) is 16.9. The summed E-state index contributed by atoms with van der Waals surface area (Å²) in [6.45, 7) is 12.7. The van der Waals surface area contributed by atoms with Gasteiger partial charge in [0, 0.05) is 0 Å². The van der Waals surface area contributed by atoms with Crippen LogP contribution in [0.5, 0.6) is 0 Å². The van der Waals surface area contributed by atoms with Crippen molar-refractivity contribution in [3.05, 3.63) is 34.9 Å². The highest BCUT2D eigenvalue weighted by Crippen LogP contribution is 2.43. The molecule has 0 saturated heterocycles. The van der Waals surface area contributed by atoms with E-state index in [-0.39, 0.29) is 14.9 Å². The summed E-state index contributed by atoms with van der Waals surface area (Å²) in [6, 6.07) is 6.96. The minimum atomic E-state index is -1.66. The average molecular weight is 329 g/mol. The number of rotatable bonds is 6. The SMILES string of the molecule is C.C.CCP(=O)(CC)CC.CCc1cc(CC)cc(CC)c1. The second-order valence-corrected chi connectivity index (χ2v) is 9.24. The normalized spacial score (nSPS) is 9.91. The van der Waals surface area contributed by atoms with Gasteiger partial charge in [-0.05, 0) is 54.4 Å². The predicted molar refractivity (Wildman–Crippen MR) is 107 cm³/mol. The summed E-state index contributed by atoms with van der Waals surface area (Å²) >= 11 is 0. The number of hydrogen-bond donors (Lipinski definition) is 0. The van der Waals surface area contributed by atoms with Crippen molar-refractivity contribution in [2.75, 3.05) is 18.5 Å². The van der Waals surface area contributed by atoms with Gasteiger partial charge in [-0.15, -0.1) is 0 Å². The zero-order chi connectivity index (χ0) is 15.6. The van der Waals surface area contributed by atoms with Gasteiger partial charge in [-0.25, -0.2) is 0 Å². The molecule has 0 radical (unpaired) electrons.